The molecule has 2 aromatic rings. The summed E-state index contributed by atoms with van der Waals surface area (Å²) < 4.78 is 0. The molecule has 1 saturated carbocycles. The maximum absolute atomic E-state index is 12.9. The molecule has 4 N–H and O–H groups in total. The average molecular weight is 505 g/mol. The molecule has 8 nitrogen and oxygen atoms in total. The van der Waals surface area contributed by atoms with Crippen molar-refractivity contribution in [3.05, 3.63) is 57.8 Å². The second-order valence-electron chi connectivity index (χ2n) is 8.83. The van der Waals surface area contributed by atoms with Crippen LogP contribution in [0.5, 0.6) is 0 Å². The number of aliphatic carboxylic acids is 1. The summed E-state index contributed by atoms with van der Waals surface area (Å²) in [4.78, 5) is 41.1. The number of rotatable bonds is 7. The van der Waals surface area contributed by atoms with Gasteiger partial charge in [0.1, 0.15) is 6.04 Å². The highest BCUT2D eigenvalue weighted by atomic mass is 35.5. The molecule has 180 valence electrons. The van der Waals surface area contributed by atoms with Gasteiger partial charge < -0.3 is 21.1 Å². The fourth-order valence-electron chi connectivity index (χ4n) is 4.89. The van der Waals surface area contributed by atoms with Crippen LogP contribution in [0, 0.1) is 11.8 Å². The third kappa shape index (κ3) is 5.51. The Morgan fingerprint density at radius 2 is 1.76 bits per heavy atom. The number of nitrogens with one attached hydrogen (secondary N) is 3. The molecule has 2 aliphatic rings. The first-order valence-electron chi connectivity index (χ1n) is 11.3. The molecule has 0 spiro atoms. The van der Waals surface area contributed by atoms with E-state index in [0.717, 1.165) is 25.8 Å². The van der Waals surface area contributed by atoms with Crippen molar-refractivity contribution < 1.29 is 19.5 Å². The minimum Gasteiger partial charge on any atom is -0.480 e. The molecule has 10 heteroatoms. The van der Waals surface area contributed by atoms with Crippen molar-refractivity contribution in [3.8, 4) is 0 Å². The normalized spacial score (nSPS) is 22.5. The predicted molar refractivity (Wildman–Crippen MR) is 129 cm³/mol. The lowest BCUT2D eigenvalue weighted by atomic mass is 9.78. The molecular weight excluding hydrogens is 479 g/mol. The topological polar surface area (TPSA) is 120 Å². The fraction of sp³-hybridized carbons (Fsp3) is 0.417. The summed E-state index contributed by atoms with van der Waals surface area (Å²) in [5.41, 5.74) is 1.32. The number of carboxylic acid groups (broad SMARTS) is 1. The summed E-state index contributed by atoms with van der Waals surface area (Å²) in [6.07, 6.45) is 7.20. The molecule has 1 saturated heterocycles. The number of hydrogen-bond donors (Lipinski definition) is 4. The van der Waals surface area contributed by atoms with Gasteiger partial charge in [-0.1, -0.05) is 48.2 Å². The van der Waals surface area contributed by atoms with Crippen molar-refractivity contribution >= 4 is 46.7 Å². The largest absolute Gasteiger partial charge is 0.480 e. The number of carbonyl (C=O) groups excluding carboxylic acids is 2. The van der Waals surface area contributed by atoms with E-state index in [4.69, 9.17) is 23.2 Å². The van der Waals surface area contributed by atoms with Crippen molar-refractivity contribution in [1.82, 2.24) is 15.6 Å². The first-order chi connectivity index (χ1) is 16.3. The van der Waals surface area contributed by atoms with Gasteiger partial charge in [-0.2, -0.15) is 0 Å². The second-order valence-corrected chi connectivity index (χ2v) is 9.64. The molecule has 1 aromatic carbocycles. The Hall–Kier alpha value is -2.68. The van der Waals surface area contributed by atoms with E-state index >= 15 is 0 Å². The zero-order valence-electron chi connectivity index (χ0n) is 18.4. The van der Waals surface area contributed by atoms with Crippen molar-refractivity contribution in [3.63, 3.8) is 0 Å². The summed E-state index contributed by atoms with van der Waals surface area (Å²) in [6, 6.07) is 5.34. The van der Waals surface area contributed by atoms with Crippen LogP contribution in [-0.2, 0) is 16.0 Å². The highest BCUT2D eigenvalue weighted by Gasteiger charge is 2.41. The number of anilines is 1. The van der Waals surface area contributed by atoms with Gasteiger partial charge in [-0.3, -0.25) is 14.6 Å². The van der Waals surface area contributed by atoms with E-state index in [9.17, 15) is 19.5 Å². The van der Waals surface area contributed by atoms with Crippen LogP contribution in [0.2, 0.25) is 10.0 Å². The molecule has 4 rings (SSSR count). The van der Waals surface area contributed by atoms with E-state index in [2.05, 4.69) is 20.9 Å². The minimum absolute atomic E-state index is 0.122. The summed E-state index contributed by atoms with van der Waals surface area (Å²) in [7, 11) is 0. The van der Waals surface area contributed by atoms with Gasteiger partial charge in [0.05, 0.1) is 21.7 Å². The number of carboxylic acids is 1. The highest BCUT2D eigenvalue weighted by molar-refractivity contribution is 6.40. The van der Waals surface area contributed by atoms with Crippen LogP contribution in [0.15, 0.2) is 36.7 Å². The van der Waals surface area contributed by atoms with Crippen LogP contribution in [-0.4, -0.2) is 46.5 Å². The third-order valence-electron chi connectivity index (χ3n) is 6.63. The average Bonchev–Trinajstić information content (AvgIpc) is 3.24. The van der Waals surface area contributed by atoms with Crippen LogP contribution < -0.4 is 16.0 Å². The molecule has 3 unspecified atom stereocenters. The van der Waals surface area contributed by atoms with Gasteiger partial charge in [-0.15, -0.1) is 0 Å². The molecule has 1 aromatic heterocycles. The second kappa shape index (κ2) is 10.7. The lowest BCUT2D eigenvalue weighted by molar-refractivity contribution is -0.142. The lowest BCUT2D eigenvalue weighted by Gasteiger charge is -2.28. The maximum Gasteiger partial charge on any atom is 0.326 e. The predicted octanol–water partition coefficient (Wildman–Crippen LogP) is 3.53. The molecule has 1 aliphatic heterocycles. The van der Waals surface area contributed by atoms with Crippen molar-refractivity contribution in [2.75, 3.05) is 11.9 Å². The van der Waals surface area contributed by atoms with Crippen LogP contribution in [0.4, 0.5) is 5.69 Å². The number of pyridine rings is 1. The van der Waals surface area contributed by atoms with Gasteiger partial charge in [0.15, 0.2) is 0 Å². The van der Waals surface area contributed by atoms with Gasteiger partial charge in [-0.05, 0) is 48.9 Å². The van der Waals surface area contributed by atoms with Gasteiger partial charge in [0.25, 0.3) is 5.91 Å². The molecule has 2 heterocycles. The Balaban J connectivity index is 1.37. The summed E-state index contributed by atoms with van der Waals surface area (Å²) in [6.45, 7) is 0.809. The molecule has 1 aliphatic carbocycles. The van der Waals surface area contributed by atoms with E-state index in [-0.39, 0.29) is 39.9 Å². The van der Waals surface area contributed by atoms with Crippen molar-refractivity contribution in [1.29, 1.82) is 0 Å². The Bertz CT molecular complexity index is 1060. The summed E-state index contributed by atoms with van der Waals surface area (Å²) >= 11 is 12.1. The van der Waals surface area contributed by atoms with E-state index in [1.165, 1.54) is 18.8 Å². The maximum atomic E-state index is 12.9. The summed E-state index contributed by atoms with van der Waals surface area (Å²) in [5.74, 6) is -1.06. The molecular formula is C24H26Cl2N4O4. The van der Waals surface area contributed by atoms with Crippen LogP contribution in [0.25, 0.3) is 0 Å². The molecule has 34 heavy (non-hydrogen) atoms. The monoisotopic (exact) mass is 504 g/mol. The lowest BCUT2D eigenvalue weighted by Crippen LogP contribution is -2.51. The number of carbonyl (C=O) groups is 3. The van der Waals surface area contributed by atoms with Crippen LogP contribution in [0.1, 0.15) is 41.6 Å². The molecule has 4 atom stereocenters. The zero-order valence-corrected chi connectivity index (χ0v) is 19.9. The number of aromatic nitrogens is 1. The zero-order chi connectivity index (χ0) is 24.2. The summed E-state index contributed by atoms with van der Waals surface area (Å²) in [5, 5.41) is 18.7. The first kappa shape index (κ1) is 24.4. The number of amides is 2. The Labute approximate surface area is 207 Å². The first-order valence-corrected chi connectivity index (χ1v) is 12.0. The standard InChI is InChI=1S/C24H26Cl2N4O4/c25-17-11-27-12-18(26)20(17)22(31)29-15-7-5-13(6-8-15)9-19(24(33)34)30-23(32)21-16-4-2-1-3-14(16)10-28-21/h5-8,11-12,14,16,19,21,28H,1-4,9-10H2,(H,29,31)(H,30,32)(H,33,34)/t14?,16?,19-,21?/m0/s1. The number of nitrogens with zero attached hydrogens (tertiary/aromatic N) is 1. The van der Waals surface area contributed by atoms with E-state index in [1.54, 1.807) is 24.3 Å². The van der Waals surface area contributed by atoms with Crippen molar-refractivity contribution in [2.45, 2.75) is 44.2 Å². The number of halogens is 2. The molecule has 0 bridgehead atoms. The van der Waals surface area contributed by atoms with Gasteiger partial charge >= 0.3 is 5.97 Å². The Kier molecular flexibility index (Phi) is 7.70. The Morgan fingerprint density at radius 3 is 2.44 bits per heavy atom. The minimum atomic E-state index is -1.09. The molecule has 0 radical (unpaired) electrons. The van der Waals surface area contributed by atoms with Crippen molar-refractivity contribution in [2.24, 2.45) is 11.8 Å². The SMILES string of the molecule is O=C(Nc1ccc(C[C@H](NC(=O)C2NCC3CCCCC32)C(=O)O)cc1)c1c(Cl)cncc1Cl. The van der Waals surface area contributed by atoms with E-state index < -0.39 is 17.9 Å². The third-order valence-corrected chi connectivity index (χ3v) is 7.20. The van der Waals surface area contributed by atoms with E-state index in [0.29, 0.717) is 17.2 Å². The van der Waals surface area contributed by atoms with Crippen LogP contribution >= 0.6 is 23.2 Å². The Morgan fingerprint density at radius 1 is 1.09 bits per heavy atom. The van der Waals surface area contributed by atoms with Crippen LogP contribution in [0.3, 0.4) is 0 Å². The number of benzene rings is 1. The van der Waals surface area contributed by atoms with Gasteiger partial charge in [-0.25, -0.2) is 4.79 Å². The van der Waals surface area contributed by atoms with Gasteiger partial charge in [0.2, 0.25) is 5.91 Å². The fourth-order valence-corrected chi connectivity index (χ4v) is 5.43. The smallest absolute Gasteiger partial charge is 0.326 e. The quantitative estimate of drug-likeness (QED) is 0.457. The molecule has 2 fully saturated rings. The van der Waals surface area contributed by atoms with Gasteiger partial charge in [0, 0.05) is 24.5 Å². The number of fused-ring (bicyclic) bond motifs is 1. The number of hydrogen-bond acceptors (Lipinski definition) is 5. The highest BCUT2D eigenvalue weighted by Crippen LogP contribution is 2.36. The molecule has 2 amide bonds. The van der Waals surface area contributed by atoms with E-state index in [1.807, 2.05) is 0 Å².